The van der Waals surface area contributed by atoms with Gasteiger partial charge in [0.15, 0.2) is 0 Å². The zero-order valence-corrected chi connectivity index (χ0v) is 16.7. The predicted molar refractivity (Wildman–Crippen MR) is 109 cm³/mol. The van der Waals surface area contributed by atoms with Crippen molar-refractivity contribution in [2.45, 2.75) is 38.8 Å². The van der Waals surface area contributed by atoms with Crippen LogP contribution in [0.5, 0.6) is 0 Å². The number of rotatable bonds is 5. The monoisotopic (exact) mass is 388 g/mol. The molecule has 29 heavy (non-hydrogen) atoms. The number of nitrogens with one attached hydrogen (secondary N) is 1. The normalized spacial score (nSPS) is 17.1. The summed E-state index contributed by atoms with van der Waals surface area (Å²) in [5.74, 6) is 1.47. The van der Waals surface area contributed by atoms with Crippen LogP contribution in [0, 0.1) is 18.3 Å². The van der Waals surface area contributed by atoms with Gasteiger partial charge in [-0.1, -0.05) is 6.42 Å². The third-order valence-electron chi connectivity index (χ3n) is 5.10. The first-order valence-corrected chi connectivity index (χ1v) is 9.82. The van der Waals surface area contributed by atoms with Gasteiger partial charge in [0.25, 0.3) is 0 Å². The van der Waals surface area contributed by atoms with Gasteiger partial charge in [0.2, 0.25) is 0 Å². The zero-order chi connectivity index (χ0) is 20.2. The summed E-state index contributed by atoms with van der Waals surface area (Å²) < 4.78 is 1.84. The number of hydrogen-bond acceptors (Lipinski definition) is 7. The molecule has 0 aromatic carbocycles. The van der Waals surface area contributed by atoms with Gasteiger partial charge in [-0.15, -0.1) is 0 Å². The fourth-order valence-electron chi connectivity index (χ4n) is 3.78. The topological polar surface area (TPSA) is 95.6 Å². The molecule has 0 spiro atoms. The van der Waals surface area contributed by atoms with Crippen molar-refractivity contribution in [3.8, 4) is 6.07 Å². The van der Waals surface area contributed by atoms with Gasteiger partial charge in [-0.3, -0.25) is 9.58 Å². The van der Waals surface area contributed by atoms with Gasteiger partial charge in [0.1, 0.15) is 23.4 Å². The van der Waals surface area contributed by atoms with Gasteiger partial charge in [0, 0.05) is 25.9 Å². The largest absolute Gasteiger partial charge is 0.339 e. The summed E-state index contributed by atoms with van der Waals surface area (Å²) in [4.78, 5) is 15.8. The Morgan fingerprint density at radius 3 is 2.86 bits per heavy atom. The van der Waals surface area contributed by atoms with Crippen molar-refractivity contribution in [2.75, 3.05) is 11.9 Å². The second-order valence-electron chi connectivity index (χ2n) is 7.36. The number of nitrogens with zero attached hydrogens (tertiary/aromatic N) is 7. The lowest BCUT2D eigenvalue weighted by molar-refractivity contribution is 0.135. The fourth-order valence-corrected chi connectivity index (χ4v) is 3.78. The second kappa shape index (κ2) is 8.37. The zero-order valence-electron chi connectivity index (χ0n) is 16.7. The maximum Gasteiger partial charge on any atom is 0.140 e. The number of aromatic nitrogens is 5. The molecule has 1 atom stereocenters. The molecule has 148 valence electrons. The first-order valence-electron chi connectivity index (χ1n) is 9.82. The average molecular weight is 388 g/mol. The van der Waals surface area contributed by atoms with E-state index in [0.29, 0.717) is 5.69 Å². The SMILES string of the molecule is Cc1nc(Nc2ccc(C#N)nc2)cc(C2CCCCN2Cc2ccn(C)n2)n1. The van der Waals surface area contributed by atoms with Crippen LogP contribution in [0.1, 0.15) is 48.2 Å². The Hall–Kier alpha value is -3.31. The van der Waals surface area contributed by atoms with Crippen LogP contribution in [0.2, 0.25) is 0 Å². The van der Waals surface area contributed by atoms with Gasteiger partial charge < -0.3 is 5.32 Å². The van der Waals surface area contributed by atoms with E-state index in [1.165, 1.54) is 12.8 Å². The molecule has 1 unspecified atom stereocenters. The number of aryl methyl sites for hydroxylation is 2. The minimum atomic E-state index is 0.243. The molecule has 3 aromatic rings. The van der Waals surface area contributed by atoms with Crippen LogP contribution in [0.4, 0.5) is 11.5 Å². The van der Waals surface area contributed by atoms with Crippen molar-refractivity contribution in [2.24, 2.45) is 7.05 Å². The van der Waals surface area contributed by atoms with Crippen molar-refractivity contribution >= 4 is 11.5 Å². The van der Waals surface area contributed by atoms with Crippen LogP contribution in [0.25, 0.3) is 0 Å². The highest BCUT2D eigenvalue weighted by molar-refractivity contribution is 5.55. The lowest BCUT2D eigenvalue weighted by Crippen LogP contribution is -2.33. The van der Waals surface area contributed by atoms with Crippen molar-refractivity contribution in [1.82, 2.24) is 29.6 Å². The molecule has 8 nitrogen and oxygen atoms in total. The summed E-state index contributed by atoms with van der Waals surface area (Å²) in [6.07, 6.45) is 7.08. The number of nitriles is 1. The van der Waals surface area contributed by atoms with Crippen molar-refractivity contribution < 1.29 is 0 Å². The molecule has 0 saturated carbocycles. The first kappa shape index (κ1) is 19.0. The van der Waals surface area contributed by atoms with E-state index in [4.69, 9.17) is 10.2 Å². The van der Waals surface area contributed by atoms with Gasteiger partial charge in [-0.2, -0.15) is 10.4 Å². The van der Waals surface area contributed by atoms with E-state index in [9.17, 15) is 0 Å². The summed E-state index contributed by atoms with van der Waals surface area (Å²) >= 11 is 0. The molecular weight excluding hydrogens is 364 g/mol. The Kier molecular flexibility index (Phi) is 5.49. The van der Waals surface area contributed by atoms with Gasteiger partial charge in [-0.25, -0.2) is 15.0 Å². The maximum absolute atomic E-state index is 8.90. The Morgan fingerprint density at radius 2 is 2.14 bits per heavy atom. The molecule has 0 bridgehead atoms. The quantitative estimate of drug-likeness (QED) is 0.717. The van der Waals surface area contributed by atoms with E-state index in [-0.39, 0.29) is 6.04 Å². The lowest BCUT2D eigenvalue weighted by Gasteiger charge is -2.35. The second-order valence-corrected chi connectivity index (χ2v) is 7.36. The van der Waals surface area contributed by atoms with Crippen molar-refractivity contribution in [3.05, 3.63) is 59.6 Å². The number of hydrogen-bond donors (Lipinski definition) is 1. The molecule has 0 amide bonds. The molecule has 4 rings (SSSR count). The molecule has 4 heterocycles. The molecular formula is C21H24N8. The number of anilines is 2. The predicted octanol–water partition coefficient (Wildman–Crippen LogP) is 3.26. The maximum atomic E-state index is 8.90. The highest BCUT2D eigenvalue weighted by Gasteiger charge is 2.26. The highest BCUT2D eigenvalue weighted by atomic mass is 15.3. The van der Waals surface area contributed by atoms with E-state index in [0.717, 1.165) is 48.2 Å². The van der Waals surface area contributed by atoms with E-state index < -0.39 is 0 Å². The number of likely N-dealkylation sites (tertiary alicyclic amines) is 1. The Labute approximate surface area is 170 Å². The third kappa shape index (κ3) is 4.58. The Balaban J connectivity index is 1.56. The number of pyridine rings is 1. The van der Waals surface area contributed by atoms with Crippen LogP contribution in [-0.4, -0.2) is 36.2 Å². The molecule has 3 aromatic heterocycles. The average Bonchev–Trinajstić information content (AvgIpc) is 3.13. The van der Waals surface area contributed by atoms with Gasteiger partial charge in [-0.05, 0) is 44.5 Å². The van der Waals surface area contributed by atoms with Crippen molar-refractivity contribution in [1.29, 1.82) is 5.26 Å². The fraction of sp³-hybridized carbons (Fsp3) is 0.381. The lowest BCUT2D eigenvalue weighted by atomic mass is 9.98. The Morgan fingerprint density at radius 1 is 1.24 bits per heavy atom. The summed E-state index contributed by atoms with van der Waals surface area (Å²) in [7, 11) is 1.95. The van der Waals surface area contributed by atoms with Crippen LogP contribution < -0.4 is 5.32 Å². The Bertz CT molecular complexity index is 1020. The molecule has 0 aliphatic carbocycles. The summed E-state index contributed by atoms with van der Waals surface area (Å²) in [6.45, 7) is 3.76. The smallest absolute Gasteiger partial charge is 0.140 e. The van der Waals surface area contributed by atoms with E-state index in [1.807, 2.05) is 43.1 Å². The third-order valence-corrected chi connectivity index (χ3v) is 5.10. The van der Waals surface area contributed by atoms with Crippen LogP contribution in [0.3, 0.4) is 0 Å². The van der Waals surface area contributed by atoms with E-state index >= 15 is 0 Å². The summed E-state index contributed by atoms with van der Waals surface area (Å²) in [5.41, 5.74) is 3.29. The highest BCUT2D eigenvalue weighted by Crippen LogP contribution is 2.32. The first-order chi connectivity index (χ1) is 14.1. The molecule has 8 heteroatoms. The van der Waals surface area contributed by atoms with E-state index in [2.05, 4.69) is 31.3 Å². The summed E-state index contributed by atoms with van der Waals surface area (Å²) in [5, 5.41) is 16.7. The van der Waals surface area contributed by atoms with Crippen molar-refractivity contribution in [3.63, 3.8) is 0 Å². The van der Waals surface area contributed by atoms with Gasteiger partial charge in [0.05, 0.1) is 29.3 Å². The molecule has 1 aliphatic rings. The van der Waals surface area contributed by atoms with Gasteiger partial charge >= 0.3 is 0 Å². The molecule has 1 N–H and O–H groups in total. The molecule has 1 fully saturated rings. The van der Waals surface area contributed by atoms with Crippen LogP contribution in [0.15, 0.2) is 36.7 Å². The standard InChI is InChI=1S/C21H24N8/c1-15-24-19(11-21(25-15)26-17-7-6-16(12-22)23-13-17)20-5-3-4-9-29(20)14-18-8-10-28(2)27-18/h6-8,10-11,13,20H,3-5,9,14H2,1-2H3,(H,24,25,26). The number of piperidine rings is 1. The van der Waals surface area contributed by atoms with Crippen LogP contribution >= 0.6 is 0 Å². The minimum absolute atomic E-state index is 0.243. The van der Waals surface area contributed by atoms with Crippen LogP contribution in [-0.2, 0) is 13.6 Å². The molecule has 1 saturated heterocycles. The molecule has 1 aliphatic heterocycles. The summed E-state index contributed by atoms with van der Waals surface area (Å²) in [6, 6.07) is 9.88. The molecule has 0 radical (unpaired) electrons. The van der Waals surface area contributed by atoms with E-state index in [1.54, 1.807) is 12.3 Å². The minimum Gasteiger partial charge on any atom is -0.339 e.